The lowest BCUT2D eigenvalue weighted by atomic mass is 9.43. The van der Waals surface area contributed by atoms with Gasteiger partial charge in [0.15, 0.2) is 0 Å². The number of hydrogen-bond donors (Lipinski definition) is 3. The van der Waals surface area contributed by atoms with Crippen molar-refractivity contribution in [2.45, 2.75) is 78.0 Å². The summed E-state index contributed by atoms with van der Waals surface area (Å²) >= 11 is 0. The number of fused-ring (bicyclic) bond motifs is 4. The zero-order valence-electron chi connectivity index (χ0n) is 17.3. The maximum Gasteiger partial charge on any atom is 0.252 e. The average Bonchev–Trinajstić information content (AvgIpc) is 3.20. The first-order chi connectivity index (χ1) is 13.1. The van der Waals surface area contributed by atoms with Gasteiger partial charge in [0.1, 0.15) is 17.1 Å². The summed E-state index contributed by atoms with van der Waals surface area (Å²) in [6.07, 6.45) is 4.22. The number of rotatable bonds is 0. The largest absolute Gasteiger partial charge is 0.507 e. The molecule has 2 heterocycles. The Morgan fingerprint density at radius 2 is 1.93 bits per heavy atom. The van der Waals surface area contributed by atoms with E-state index in [9.17, 15) is 15.0 Å². The highest BCUT2D eigenvalue weighted by molar-refractivity contribution is 6.00. The van der Waals surface area contributed by atoms with E-state index in [4.69, 9.17) is 4.74 Å². The zero-order chi connectivity index (χ0) is 20.1. The SMILES string of the molecule is C[C@@H]1CC[C@H]2C(C)(C)[C@H](O)CC[C@]2(C)[C@]12Cc1c(cc3c(c1O)CNC3=O)O2. The van der Waals surface area contributed by atoms with Gasteiger partial charge in [0.2, 0.25) is 0 Å². The van der Waals surface area contributed by atoms with Crippen LogP contribution in [-0.2, 0) is 13.0 Å². The lowest BCUT2D eigenvalue weighted by Gasteiger charge is -2.64. The number of aliphatic hydroxyl groups is 1. The molecule has 5 atom stereocenters. The number of hydrogen-bond acceptors (Lipinski definition) is 4. The molecule has 3 N–H and O–H groups in total. The van der Waals surface area contributed by atoms with Crippen LogP contribution in [0.25, 0.3) is 0 Å². The third-order valence-electron chi connectivity index (χ3n) is 8.99. The molecule has 0 bridgehead atoms. The minimum atomic E-state index is -0.404. The van der Waals surface area contributed by atoms with Crippen LogP contribution in [0.1, 0.15) is 74.9 Å². The lowest BCUT2D eigenvalue weighted by Crippen LogP contribution is -2.66. The molecule has 2 aliphatic carbocycles. The minimum Gasteiger partial charge on any atom is -0.507 e. The van der Waals surface area contributed by atoms with Gasteiger partial charge >= 0.3 is 0 Å². The number of carbonyl (C=O) groups is 1. The molecule has 0 unspecified atom stereocenters. The number of phenolic OH excluding ortho intramolecular Hbond substituents is 1. The van der Waals surface area contributed by atoms with Crippen LogP contribution in [0.5, 0.6) is 11.5 Å². The molecule has 1 aromatic rings. The van der Waals surface area contributed by atoms with Gasteiger partial charge in [-0.2, -0.15) is 0 Å². The number of aliphatic hydroxyl groups excluding tert-OH is 1. The summed E-state index contributed by atoms with van der Waals surface area (Å²) in [6, 6.07) is 1.84. The second kappa shape index (κ2) is 5.44. The van der Waals surface area contributed by atoms with Crippen molar-refractivity contribution < 1.29 is 19.7 Å². The molecule has 1 aromatic carbocycles. The predicted octanol–water partition coefficient (Wildman–Crippen LogP) is 3.54. The third-order valence-corrected chi connectivity index (χ3v) is 8.99. The van der Waals surface area contributed by atoms with Crippen molar-refractivity contribution in [2.24, 2.45) is 22.7 Å². The van der Waals surface area contributed by atoms with Crippen molar-refractivity contribution >= 4 is 5.91 Å². The molecule has 2 fully saturated rings. The van der Waals surface area contributed by atoms with Gasteiger partial charge in [-0.05, 0) is 49.0 Å². The van der Waals surface area contributed by atoms with Crippen LogP contribution in [0.3, 0.4) is 0 Å². The van der Waals surface area contributed by atoms with E-state index in [1.165, 1.54) is 0 Å². The Balaban J connectivity index is 1.63. The number of benzene rings is 1. The highest BCUT2D eigenvalue weighted by Crippen LogP contribution is 2.66. The summed E-state index contributed by atoms with van der Waals surface area (Å²) in [6.45, 7) is 9.38. The Kier molecular flexibility index (Phi) is 3.55. The second-order valence-corrected chi connectivity index (χ2v) is 10.4. The number of carbonyl (C=O) groups excluding carboxylic acids is 1. The summed E-state index contributed by atoms with van der Waals surface area (Å²) in [7, 11) is 0. The summed E-state index contributed by atoms with van der Waals surface area (Å²) in [5.74, 6) is 1.46. The van der Waals surface area contributed by atoms with E-state index < -0.39 is 5.60 Å². The highest BCUT2D eigenvalue weighted by Gasteiger charge is 2.67. The third kappa shape index (κ3) is 1.99. The molecule has 1 amide bonds. The van der Waals surface area contributed by atoms with Gasteiger partial charge in [-0.15, -0.1) is 0 Å². The van der Waals surface area contributed by atoms with Gasteiger partial charge in [-0.1, -0.05) is 27.7 Å². The van der Waals surface area contributed by atoms with E-state index >= 15 is 0 Å². The molecule has 0 saturated heterocycles. The Bertz CT molecular complexity index is 878. The summed E-state index contributed by atoms with van der Waals surface area (Å²) < 4.78 is 6.78. The van der Waals surface area contributed by atoms with Crippen LogP contribution in [0, 0.1) is 22.7 Å². The van der Waals surface area contributed by atoms with E-state index in [1.807, 2.05) is 6.07 Å². The number of amides is 1. The molecule has 5 rings (SSSR count). The van der Waals surface area contributed by atoms with Crippen molar-refractivity contribution in [3.63, 3.8) is 0 Å². The van der Waals surface area contributed by atoms with Crippen LogP contribution in [-0.4, -0.2) is 27.8 Å². The van der Waals surface area contributed by atoms with E-state index in [0.717, 1.165) is 31.2 Å². The molecule has 5 heteroatoms. The van der Waals surface area contributed by atoms with Crippen molar-refractivity contribution in [1.29, 1.82) is 0 Å². The highest BCUT2D eigenvalue weighted by atomic mass is 16.5. The van der Waals surface area contributed by atoms with E-state index in [1.54, 1.807) is 0 Å². The molecule has 0 radical (unpaired) electrons. The minimum absolute atomic E-state index is 0.0917. The van der Waals surface area contributed by atoms with Gasteiger partial charge < -0.3 is 20.3 Å². The van der Waals surface area contributed by atoms with Crippen LogP contribution >= 0.6 is 0 Å². The Morgan fingerprint density at radius 1 is 1.18 bits per heavy atom. The summed E-state index contributed by atoms with van der Waals surface area (Å²) in [4.78, 5) is 12.2. The monoisotopic (exact) mass is 385 g/mol. The first-order valence-corrected chi connectivity index (χ1v) is 10.6. The lowest BCUT2D eigenvalue weighted by molar-refractivity contribution is -0.210. The van der Waals surface area contributed by atoms with E-state index in [-0.39, 0.29) is 28.6 Å². The standard InChI is InChI=1S/C23H31NO4/c1-12-5-6-17-21(2,3)18(25)7-8-22(17,4)23(12)10-14-16(28-23)9-13-15(19(14)26)11-24-20(13)27/h9,12,17-18,25-26H,5-8,10-11H2,1-4H3,(H,24,27)/t12-,17+,18-,22+,23+/m1/s1. The first-order valence-electron chi connectivity index (χ1n) is 10.6. The molecule has 2 aliphatic heterocycles. The quantitative estimate of drug-likeness (QED) is 0.638. The molecule has 4 aliphatic rings. The fourth-order valence-corrected chi connectivity index (χ4v) is 7.17. The number of aromatic hydroxyl groups is 1. The van der Waals surface area contributed by atoms with Crippen molar-refractivity contribution in [3.8, 4) is 11.5 Å². The normalized spacial score (nSPS) is 40.5. The average molecular weight is 386 g/mol. The van der Waals surface area contributed by atoms with Gasteiger partial charge in [0, 0.05) is 29.5 Å². The van der Waals surface area contributed by atoms with E-state index in [2.05, 4.69) is 33.0 Å². The summed E-state index contributed by atoms with van der Waals surface area (Å²) in [5.41, 5.74) is 1.44. The molecule has 0 aromatic heterocycles. The molecule has 2 saturated carbocycles. The fourth-order valence-electron chi connectivity index (χ4n) is 7.17. The zero-order valence-corrected chi connectivity index (χ0v) is 17.3. The fraction of sp³-hybridized carbons (Fsp3) is 0.696. The van der Waals surface area contributed by atoms with Crippen molar-refractivity contribution in [2.75, 3.05) is 0 Å². The van der Waals surface area contributed by atoms with E-state index in [0.29, 0.717) is 41.7 Å². The Hall–Kier alpha value is -1.75. The first kappa shape index (κ1) is 18.3. The maximum atomic E-state index is 12.2. The smallest absolute Gasteiger partial charge is 0.252 e. The van der Waals surface area contributed by atoms with Crippen LogP contribution in [0.2, 0.25) is 0 Å². The van der Waals surface area contributed by atoms with Crippen LogP contribution in [0.15, 0.2) is 6.07 Å². The molecule has 152 valence electrons. The van der Waals surface area contributed by atoms with Crippen LogP contribution < -0.4 is 10.1 Å². The topological polar surface area (TPSA) is 78.8 Å². The van der Waals surface area contributed by atoms with Crippen molar-refractivity contribution in [3.05, 3.63) is 22.8 Å². The predicted molar refractivity (Wildman–Crippen MR) is 105 cm³/mol. The number of phenols is 1. The number of nitrogens with one attached hydrogen (secondary N) is 1. The Labute approximate surface area is 166 Å². The molecule has 5 nitrogen and oxygen atoms in total. The molecule has 28 heavy (non-hydrogen) atoms. The summed E-state index contributed by atoms with van der Waals surface area (Å²) in [5, 5.41) is 24.5. The Morgan fingerprint density at radius 3 is 2.68 bits per heavy atom. The van der Waals surface area contributed by atoms with Gasteiger partial charge in [-0.3, -0.25) is 4.79 Å². The van der Waals surface area contributed by atoms with Crippen LogP contribution in [0.4, 0.5) is 0 Å². The van der Waals surface area contributed by atoms with Gasteiger partial charge in [-0.25, -0.2) is 0 Å². The van der Waals surface area contributed by atoms with Gasteiger partial charge in [0.05, 0.1) is 11.7 Å². The molecular formula is C23H31NO4. The second-order valence-electron chi connectivity index (χ2n) is 10.4. The maximum absolute atomic E-state index is 12.2. The molecular weight excluding hydrogens is 354 g/mol. The molecule has 1 spiro atoms. The van der Waals surface area contributed by atoms with Gasteiger partial charge in [0.25, 0.3) is 5.91 Å². The van der Waals surface area contributed by atoms with Crippen molar-refractivity contribution in [1.82, 2.24) is 5.32 Å². The number of ether oxygens (including phenoxy) is 1.